The molecule has 0 aliphatic heterocycles. The number of aromatic nitrogens is 4. The van der Waals surface area contributed by atoms with Gasteiger partial charge in [0.15, 0.2) is 11.3 Å². The van der Waals surface area contributed by atoms with E-state index in [9.17, 15) is 13.2 Å². The lowest BCUT2D eigenvalue weighted by molar-refractivity contribution is -0.140. The van der Waals surface area contributed by atoms with Gasteiger partial charge >= 0.3 is 6.18 Å². The van der Waals surface area contributed by atoms with Crippen LogP contribution in [0.3, 0.4) is 0 Å². The molecule has 1 aromatic carbocycles. The second-order valence-electron chi connectivity index (χ2n) is 5.10. The van der Waals surface area contributed by atoms with Gasteiger partial charge < -0.3 is 5.01 Å². The van der Waals surface area contributed by atoms with Crippen molar-refractivity contribution in [3.8, 4) is 0 Å². The maximum Gasteiger partial charge on any atom is 0.435 e. The fraction of sp³-hybridized carbons (Fsp3) is 0.267. The van der Waals surface area contributed by atoms with Gasteiger partial charge in [-0.2, -0.15) is 13.2 Å². The number of nitrogens with zero attached hydrogens (tertiary/aromatic N) is 5. The molecule has 0 saturated carbocycles. The normalized spacial score (nSPS) is 11.8. The number of benzene rings is 1. The fourth-order valence-corrected chi connectivity index (χ4v) is 2.32. The van der Waals surface area contributed by atoms with E-state index < -0.39 is 11.9 Å². The summed E-state index contributed by atoms with van der Waals surface area (Å²) in [5.41, 5.74) is 0.0292. The zero-order valence-electron chi connectivity index (χ0n) is 12.3. The van der Waals surface area contributed by atoms with Crippen molar-refractivity contribution in [3.05, 3.63) is 54.2 Å². The van der Waals surface area contributed by atoms with Crippen LogP contribution in [0.2, 0.25) is 0 Å². The zero-order chi connectivity index (χ0) is 16.4. The molecule has 0 saturated heterocycles. The molecular weight excluding hydrogens is 307 g/mol. The van der Waals surface area contributed by atoms with Gasteiger partial charge in [0.05, 0.1) is 0 Å². The molecular formula is C15H14F3N5. The average Bonchev–Trinajstić information content (AvgIpc) is 2.96. The van der Waals surface area contributed by atoms with E-state index in [-0.39, 0.29) is 11.2 Å². The lowest BCUT2D eigenvalue weighted by Gasteiger charge is -2.20. The first-order chi connectivity index (χ1) is 11.0. The molecule has 8 heteroatoms. The van der Waals surface area contributed by atoms with E-state index in [2.05, 4.69) is 15.0 Å². The first kappa shape index (κ1) is 15.3. The smallest absolute Gasteiger partial charge is 0.313 e. The van der Waals surface area contributed by atoms with E-state index in [0.29, 0.717) is 6.54 Å². The summed E-state index contributed by atoms with van der Waals surface area (Å²) in [7, 11) is 1.78. The van der Waals surface area contributed by atoms with E-state index in [1.54, 1.807) is 12.1 Å². The van der Waals surface area contributed by atoms with E-state index in [1.165, 1.54) is 11.0 Å². The van der Waals surface area contributed by atoms with Crippen LogP contribution in [0.4, 0.5) is 13.2 Å². The summed E-state index contributed by atoms with van der Waals surface area (Å²) >= 11 is 0. The maximum absolute atomic E-state index is 12.9. The van der Waals surface area contributed by atoms with Crippen LogP contribution >= 0.6 is 0 Å². The minimum absolute atomic E-state index is 0.142. The summed E-state index contributed by atoms with van der Waals surface area (Å²) < 4.78 is 40.3. The van der Waals surface area contributed by atoms with Crippen molar-refractivity contribution in [2.75, 3.05) is 18.6 Å². The quantitative estimate of drug-likeness (QED) is 0.741. The molecule has 0 aliphatic carbocycles. The third-order valence-corrected chi connectivity index (χ3v) is 3.52. The van der Waals surface area contributed by atoms with E-state index in [4.69, 9.17) is 0 Å². The molecule has 0 radical (unpaired) electrons. The number of halogens is 3. The molecule has 0 N–H and O–H groups in total. The van der Waals surface area contributed by atoms with Gasteiger partial charge in [0.25, 0.3) is 0 Å². The molecule has 120 valence electrons. The Labute approximate surface area is 130 Å². The van der Waals surface area contributed by atoms with Gasteiger partial charge in [-0.3, -0.25) is 0 Å². The standard InChI is InChI=1S/C15H14F3N5/c1-22(8-7-11-5-3-2-4-6-11)23-10-21-12-13(15(16,17)18)19-9-20-14(12)23/h2-6,9-10H,7-8H2,1H3. The van der Waals surface area contributed by atoms with Gasteiger partial charge in [0.2, 0.25) is 0 Å². The molecule has 0 atom stereocenters. The van der Waals surface area contributed by atoms with Crippen molar-refractivity contribution in [2.24, 2.45) is 0 Å². The van der Waals surface area contributed by atoms with E-state index in [0.717, 1.165) is 18.3 Å². The van der Waals surface area contributed by atoms with Gasteiger partial charge in [-0.15, -0.1) is 0 Å². The monoisotopic (exact) mass is 321 g/mol. The largest absolute Gasteiger partial charge is 0.435 e. The van der Waals surface area contributed by atoms with Gasteiger partial charge in [-0.1, -0.05) is 30.3 Å². The topological polar surface area (TPSA) is 46.8 Å². The summed E-state index contributed by atoms with van der Waals surface area (Å²) in [5, 5.41) is 1.77. The number of fused-ring (bicyclic) bond motifs is 1. The Morgan fingerprint density at radius 3 is 2.52 bits per heavy atom. The highest BCUT2D eigenvalue weighted by Gasteiger charge is 2.36. The van der Waals surface area contributed by atoms with E-state index >= 15 is 0 Å². The molecule has 0 amide bonds. The zero-order valence-corrected chi connectivity index (χ0v) is 12.3. The molecule has 2 heterocycles. The first-order valence-corrected chi connectivity index (χ1v) is 6.97. The number of imidazole rings is 1. The summed E-state index contributed by atoms with van der Waals surface area (Å²) in [6, 6.07) is 9.84. The summed E-state index contributed by atoms with van der Waals surface area (Å²) in [6.45, 7) is 0.612. The highest BCUT2D eigenvalue weighted by Crippen LogP contribution is 2.31. The van der Waals surface area contributed by atoms with Crippen LogP contribution < -0.4 is 5.01 Å². The van der Waals surface area contributed by atoms with Gasteiger partial charge in [-0.05, 0) is 12.0 Å². The first-order valence-electron chi connectivity index (χ1n) is 6.97. The number of rotatable bonds is 4. The molecule has 0 bridgehead atoms. The van der Waals surface area contributed by atoms with Crippen molar-refractivity contribution >= 4 is 11.2 Å². The van der Waals surface area contributed by atoms with Crippen LogP contribution in [0, 0.1) is 0 Å². The molecule has 0 spiro atoms. The van der Waals surface area contributed by atoms with Crippen molar-refractivity contribution in [2.45, 2.75) is 12.6 Å². The Morgan fingerprint density at radius 2 is 1.83 bits per heavy atom. The molecule has 3 aromatic rings. The average molecular weight is 321 g/mol. The van der Waals surface area contributed by atoms with Crippen LogP contribution in [0.15, 0.2) is 43.0 Å². The Bertz CT molecular complexity index is 798. The summed E-state index contributed by atoms with van der Waals surface area (Å²) in [5.74, 6) is 0. The van der Waals surface area contributed by atoms with Crippen LogP contribution in [0.5, 0.6) is 0 Å². The molecule has 5 nitrogen and oxygen atoms in total. The van der Waals surface area contributed by atoms with Crippen molar-refractivity contribution in [3.63, 3.8) is 0 Å². The van der Waals surface area contributed by atoms with Crippen LogP contribution in [-0.4, -0.2) is 33.2 Å². The Kier molecular flexibility index (Phi) is 3.89. The maximum atomic E-state index is 12.9. The molecule has 2 aromatic heterocycles. The second-order valence-corrected chi connectivity index (χ2v) is 5.10. The number of hydrogen-bond acceptors (Lipinski definition) is 4. The predicted octanol–water partition coefficient (Wildman–Crippen LogP) is 2.66. The van der Waals surface area contributed by atoms with Gasteiger partial charge in [0, 0.05) is 13.6 Å². The summed E-state index contributed by atoms with van der Waals surface area (Å²) in [6.07, 6.45) is -1.55. The SMILES string of the molecule is CN(CCc1ccccc1)n1cnc2c(C(F)(F)F)ncnc21. The third-order valence-electron chi connectivity index (χ3n) is 3.52. The Morgan fingerprint density at radius 1 is 1.09 bits per heavy atom. The lowest BCUT2D eigenvalue weighted by atomic mass is 10.1. The second kappa shape index (κ2) is 5.86. The van der Waals surface area contributed by atoms with Crippen LogP contribution in [0.1, 0.15) is 11.3 Å². The predicted molar refractivity (Wildman–Crippen MR) is 79.5 cm³/mol. The Hall–Kier alpha value is -2.64. The highest BCUT2D eigenvalue weighted by molar-refractivity contribution is 5.74. The number of alkyl halides is 3. The third kappa shape index (κ3) is 3.10. The van der Waals surface area contributed by atoms with Gasteiger partial charge in [-0.25, -0.2) is 19.6 Å². The van der Waals surface area contributed by atoms with E-state index in [1.807, 2.05) is 30.3 Å². The molecule has 0 fully saturated rings. The Balaban J connectivity index is 1.85. The minimum Gasteiger partial charge on any atom is -0.313 e. The highest BCUT2D eigenvalue weighted by atomic mass is 19.4. The van der Waals surface area contributed by atoms with Gasteiger partial charge in [0.1, 0.15) is 18.2 Å². The molecule has 3 rings (SSSR count). The molecule has 23 heavy (non-hydrogen) atoms. The van der Waals surface area contributed by atoms with Crippen molar-refractivity contribution < 1.29 is 13.2 Å². The van der Waals surface area contributed by atoms with Crippen LogP contribution in [0.25, 0.3) is 11.2 Å². The minimum atomic E-state index is -4.55. The molecule has 0 aliphatic rings. The number of likely N-dealkylation sites (N-methyl/N-ethyl adjacent to an activating group) is 1. The fourth-order valence-electron chi connectivity index (χ4n) is 2.32. The lowest BCUT2D eigenvalue weighted by Crippen LogP contribution is -2.31. The van der Waals surface area contributed by atoms with Crippen molar-refractivity contribution in [1.29, 1.82) is 0 Å². The molecule has 0 unspecified atom stereocenters. The summed E-state index contributed by atoms with van der Waals surface area (Å²) in [4.78, 5) is 11.1. The number of hydrogen-bond donors (Lipinski definition) is 0. The van der Waals surface area contributed by atoms with Crippen molar-refractivity contribution in [1.82, 2.24) is 19.6 Å². The van der Waals surface area contributed by atoms with Crippen LogP contribution in [-0.2, 0) is 12.6 Å².